The van der Waals surface area contributed by atoms with Crippen molar-refractivity contribution in [3.8, 4) is 0 Å². The van der Waals surface area contributed by atoms with Gasteiger partial charge in [0.05, 0.1) is 16.8 Å². The Morgan fingerprint density at radius 3 is 2.85 bits per heavy atom. The van der Waals surface area contributed by atoms with Crippen LogP contribution in [0.4, 0.5) is 0 Å². The number of hydrogen-bond donors (Lipinski definition) is 1. The highest BCUT2D eigenvalue weighted by atomic mass is 79.9. The van der Waals surface area contributed by atoms with E-state index in [1.165, 1.54) is 22.8 Å². The minimum atomic E-state index is -0.162. The van der Waals surface area contributed by atoms with E-state index in [1.54, 1.807) is 0 Å². The van der Waals surface area contributed by atoms with Crippen LogP contribution in [0.3, 0.4) is 0 Å². The molecule has 0 amide bonds. The minimum Gasteiger partial charge on any atom is -0.392 e. The third-order valence-electron chi connectivity index (χ3n) is 2.62. The molecule has 1 aliphatic rings. The van der Waals surface area contributed by atoms with Crippen LogP contribution in [0.25, 0.3) is 0 Å². The summed E-state index contributed by atoms with van der Waals surface area (Å²) in [4.78, 5) is 1.22. The molecular formula is C9H12BrNOS. The smallest absolute Gasteiger partial charge is 0.0617 e. The molecule has 1 aromatic heterocycles. The van der Waals surface area contributed by atoms with Gasteiger partial charge in [-0.05, 0) is 40.3 Å². The molecule has 0 aliphatic heterocycles. The molecule has 0 spiro atoms. The van der Waals surface area contributed by atoms with Gasteiger partial charge in [-0.2, -0.15) is 4.37 Å². The van der Waals surface area contributed by atoms with Gasteiger partial charge in [0.25, 0.3) is 0 Å². The second-order valence-corrected chi connectivity index (χ2v) is 5.18. The first-order valence-electron chi connectivity index (χ1n) is 4.57. The average molecular weight is 262 g/mol. The summed E-state index contributed by atoms with van der Waals surface area (Å²) >= 11 is 4.97. The second-order valence-electron chi connectivity index (χ2n) is 3.50. The van der Waals surface area contributed by atoms with Crippen LogP contribution < -0.4 is 0 Å². The van der Waals surface area contributed by atoms with Crippen molar-refractivity contribution in [2.75, 3.05) is 0 Å². The van der Waals surface area contributed by atoms with Gasteiger partial charge in [0, 0.05) is 10.8 Å². The second kappa shape index (κ2) is 4.07. The number of aliphatic hydroxyl groups excluding tert-OH is 1. The van der Waals surface area contributed by atoms with Gasteiger partial charge in [-0.1, -0.05) is 12.8 Å². The highest BCUT2D eigenvalue weighted by Gasteiger charge is 2.27. The summed E-state index contributed by atoms with van der Waals surface area (Å²) in [6, 6.07) is 0. The van der Waals surface area contributed by atoms with Crippen LogP contribution in [0.15, 0.2) is 10.7 Å². The van der Waals surface area contributed by atoms with Gasteiger partial charge in [-0.15, -0.1) is 0 Å². The number of aliphatic hydroxyl groups is 1. The Morgan fingerprint density at radius 1 is 1.46 bits per heavy atom. The van der Waals surface area contributed by atoms with E-state index in [2.05, 4.69) is 20.3 Å². The van der Waals surface area contributed by atoms with E-state index in [0.717, 1.165) is 23.7 Å². The van der Waals surface area contributed by atoms with Gasteiger partial charge < -0.3 is 5.11 Å². The molecule has 1 aromatic rings. The molecule has 0 saturated heterocycles. The zero-order valence-electron chi connectivity index (χ0n) is 7.24. The monoisotopic (exact) mass is 261 g/mol. The van der Waals surface area contributed by atoms with Crippen LogP contribution in [0.1, 0.15) is 36.5 Å². The maximum absolute atomic E-state index is 9.82. The van der Waals surface area contributed by atoms with Gasteiger partial charge in [0.15, 0.2) is 0 Å². The maximum Gasteiger partial charge on any atom is 0.0617 e. The van der Waals surface area contributed by atoms with Crippen molar-refractivity contribution >= 4 is 27.5 Å². The quantitative estimate of drug-likeness (QED) is 0.844. The summed E-state index contributed by atoms with van der Waals surface area (Å²) in [5.41, 5.74) is 0. The van der Waals surface area contributed by atoms with E-state index in [4.69, 9.17) is 0 Å². The summed E-state index contributed by atoms with van der Waals surface area (Å²) in [6.07, 6.45) is 6.09. The molecule has 13 heavy (non-hydrogen) atoms. The first-order chi connectivity index (χ1) is 6.29. The van der Waals surface area contributed by atoms with Crippen LogP contribution in [-0.4, -0.2) is 15.6 Å². The lowest BCUT2D eigenvalue weighted by molar-refractivity contribution is 0.107. The van der Waals surface area contributed by atoms with Crippen molar-refractivity contribution in [1.82, 2.24) is 4.37 Å². The molecule has 2 nitrogen and oxygen atoms in total. The van der Waals surface area contributed by atoms with E-state index < -0.39 is 0 Å². The summed E-state index contributed by atoms with van der Waals surface area (Å²) in [6.45, 7) is 0. The number of halogens is 1. The van der Waals surface area contributed by atoms with Crippen LogP contribution >= 0.6 is 27.5 Å². The Labute approximate surface area is 90.3 Å². The largest absolute Gasteiger partial charge is 0.392 e. The fourth-order valence-corrected chi connectivity index (χ4v) is 3.47. The Bertz CT molecular complexity index is 289. The Kier molecular flexibility index (Phi) is 3.01. The normalized spacial score (nSPS) is 29.1. The van der Waals surface area contributed by atoms with Crippen molar-refractivity contribution in [1.29, 1.82) is 0 Å². The van der Waals surface area contributed by atoms with Crippen molar-refractivity contribution in [2.45, 2.75) is 37.7 Å². The highest BCUT2D eigenvalue weighted by molar-refractivity contribution is 9.10. The molecule has 1 heterocycles. The standard InChI is InChI=1S/C9H12BrNOS/c10-7-5-11-13-9(7)6-3-1-2-4-8(6)12/h5-6,8,12H,1-4H2/t6-,8-/m1/s1. The first-order valence-corrected chi connectivity index (χ1v) is 6.14. The minimum absolute atomic E-state index is 0.162. The zero-order valence-corrected chi connectivity index (χ0v) is 9.64. The van der Waals surface area contributed by atoms with Crippen molar-refractivity contribution < 1.29 is 5.11 Å². The van der Waals surface area contributed by atoms with Crippen LogP contribution in [-0.2, 0) is 0 Å². The molecule has 1 saturated carbocycles. The van der Waals surface area contributed by atoms with E-state index in [9.17, 15) is 5.11 Å². The Balaban J connectivity index is 2.19. The number of rotatable bonds is 1. The summed E-state index contributed by atoms with van der Waals surface area (Å²) < 4.78 is 5.17. The Morgan fingerprint density at radius 2 is 2.23 bits per heavy atom. The van der Waals surface area contributed by atoms with Crippen molar-refractivity contribution in [2.24, 2.45) is 0 Å². The molecule has 1 aliphatic carbocycles. The third-order valence-corrected chi connectivity index (χ3v) is 4.44. The molecule has 1 N–H and O–H groups in total. The predicted octanol–water partition coefficient (Wildman–Crippen LogP) is 2.92. The fourth-order valence-electron chi connectivity index (χ4n) is 1.90. The molecule has 0 unspecified atom stereocenters. The average Bonchev–Trinajstić information content (AvgIpc) is 2.52. The fraction of sp³-hybridized carbons (Fsp3) is 0.667. The lowest BCUT2D eigenvalue weighted by Crippen LogP contribution is -2.21. The van der Waals surface area contributed by atoms with Gasteiger partial charge >= 0.3 is 0 Å². The molecule has 0 aromatic carbocycles. The van der Waals surface area contributed by atoms with Gasteiger partial charge in [0.2, 0.25) is 0 Å². The summed E-state index contributed by atoms with van der Waals surface area (Å²) in [7, 11) is 0. The summed E-state index contributed by atoms with van der Waals surface area (Å²) in [5, 5.41) is 9.82. The van der Waals surface area contributed by atoms with Crippen molar-refractivity contribution in [3.05, 3.63) is 15.5 Å². The number of hydrogen-bond acceptors (Lipinski definition) is 3. The van der Waals surface area contributed by atoms with E-state index >= 15 is 0 Å². The first kappa shape index (κ1) is 9.62. The topological polar surface area (TPSA) is 33.1 Å². The van der Waals surface area contributed by atoms with Crippen LogP contribution in [0, 0.1) is 0 Å². The lowest BCUT2D eigenvalue weighted by atomic mass is 9.86. The van der Waals surface area contributed by atoms with Crippen LogP contribution in [0.5, 0.6) is 0 Å². The predicted molar refractivity (Wildman–Crippen MR) is 57.0 cm³/mol. The highest BCUT2D eigenvalue weighted by Crippen LogP contribution is 2.38. The van der Waals surface area contributed by atoms with Gasteiger partial charge in [-0.3, -0.25) is 0 Å². The van der Waals surface area contributed by atoms with E-state index in [0.29, 0.717) is 5.92 Å². The van der Waals surface area contributed by atoms with E-state index in [1.807, 2.05) is 6.20 Å². The molecule has 2 rings (SSSR count). The van der Waals surface area contributed by atoms with Gasteiger partial charge in [-0.25, -0.2) is 0 Å². The molecule has 4 heteroatoms. The molecule has 0 bridgehead atoms. The molecule has 1 fully saturated rings. The van der Waals surface area contributed by atoms with Crippen LogP contribution in [0.2, 0.25) is 0 Å². The van der Waals surface area contributed by atoms with Crippen molar-refractivity contribution in [3.63, 3.8) is 0 Å². The Hall–Kier alpha value is 0.0700. The molecular weight excluding hydrogens is 250 g/mol. The maximum atomic E-state index is 9.82. The third kappa shape index (κ3) is 1.95. The SMILES string of the molecule is O[C@@H]1CCCC[C@H]1c1sncc1Br. The van der Waals surface area contributed by atoms with E-state index in [-0.39, 0.29) is 6.10 Å². The molecule has 72 valence electrons. The van der Waals surface area contributed by atoms with Gasteiger partial charge in [0.1, 0.15) is 0 Å². The number of nitrogens with zero attached hydrogens (tertiary/aromatic N) is 1. The molecule has 0 radical (unpaired) electrons. The summed E-state index contributed by atoms with van der Waals surface area (Å²) in [5.74, 6) is 0.315. The lowest BCUT2D eigenvalue weighted by Gasteiger charge is -2.26. The molecule has 2 atom stereocenters. The zero-order chi connectivity index (χ0) is 9.26. The number of aromatic nitrogens is 1.